The molecule has 1 aliphatic rings. The third-order valence-electron chi connectivity index (χ3n) is 4.07. The molecule has 1 aromatic carbocycles. The molecule has 0 radical (unpaired) electrons. The van der Waals surface area contributed by atoms with Gasteiger partial charge in [-0.2, -0.15) is 0 Å². The van der Waals surface area contributed by atoms with Crippen molar-refractivity contribution in [2.24, 2.45) is 0 Å². The number of methoxy groups -OCH3 is 1. The second-order valence-corrected chi connectivity index (χ2v) is 5.77. The van der Waals surface area contributed by atoms with Gasteiger partial charge in [-0.3, -0.25) is 4.79 Å². The molecule has 1 aromatic rings. The van der Waals surface area contributed by atoms with E-state index in [1.54, 1.807) is 7.11 Å². The monoisotopic (exact) mass is 322 g/mol. The normalized spacial score (nSPS) is 21.0. The van der Waals surface area contributed by atoms with Gasteiger partial charge in [-0.15, -0.1) is 0 Å². The highest BCUT2D eigenvalue weighted by molar-refractivity contribution is 5.66. The molecule has 0 amide bonds. The standard InChI is InChI=1S/C18H26O5/c1-14(19)23-18-6-4-3-5-17(18)15-7-9-16(10-8-15)22-13-21-12-11-20-2/h7-10,17-18H,3-6,11-13H2,1-2H3. The van der Waals surface area contributed by atoms with E-state index in [0.29, 0.717) is 13.2 Å². The second-order valence-electron chi connectivity index (χ2n) is 5.77. The van der Waals surface area contributed by atoms with Gasteiger partial charge in [0.25, 0.3) is 0 Å². The Morgan fingerprint density at radius 3 is 2.57 bits per heavy atom. The summed E-state index contributed by atoms with van der Waals surface area (Å²) in [5.41, 5.74) is 1.20. The van der Waals surface area contributed by atoms with Crippen molar-refractivity contribution in [1.29, 1.82) is 0 Å². The van der Waals surface area contributed by atoms with Crippen LogP contribution in [0.25, 0.3) is 0 Å². The summed E-state index contributed by atoms with van der Waals surface area (Å²) >= 11 is 0. The average Bonchev–Trinajstić information content (AvgIpc) is 2.55. The molecule has 0 heterocycles. The zero-order valence-corrected chi connectivity index (χ0v) is 14.0. The van der Waals surface area contributed by atoms with Gasteiger partial charge in [-0.25, -0.2) is 0 Å². The van der Waals surface area contributed by atoms with E-state index in [-0.39, 0.29) is 24.8 Å². The minimum absolute atomic E-state index is 0.00889. The van der Waals surface area contributed by atoms with Gasteiger partial charge in [-0.05, 0) is 37.0 Å². The molecule has 1 saturated carbocycles. The van der Waals surface area contributed by atoms with Gasteiger partial charge in [0.05, 0.1) is 13.2 Å². The molecule has 5 nitrogen and oxygen atoms in total. The van der Waals surface area contributed by atoms with Crippen LogP contribution in [-0.4, -0.2) is 39.2 Å². The van der Waals surface area contributed by atoms with E-state index in [2.05, 4.69) is 12.1 Å². The van der Waals surface area contributed by atoms with Gasteiger partial charge in [0.15, 0.2) is 6.79 Å². The SMILES string of the molecule is COCCOCOc1ccc(C2CCCCC2OC(C)=O)cc1. The Kier molecular flexibility index (Phi) is 7.36. The first kappa shape index (κ1) is 17.8. The lowest BCUT2D eigenvalue weighted by atomic mass is 9.81. The molecule has 0 N–H and O–H groups in total. The number of hydrogen-bond donors (Lipinski definition) is 0. The summed E-state index contributed by atoms with van der Waals surface area (Å²) < 4.78 is 21.2. The Labute approximate surface area is 137 Å². The molecule has 2 atom stereocenters. The highest BCUT2D eigenvalue weighted by Crippen LogP contribution is 2.35. The maximum atomic E-state index is 11.3. The lowest BCUT2D eigenvalue weighted by Crippen LogP contribution is -2.27. The van der Waals surface area contributed by atoms with E-state index in [1.807, 2.05) is 12.1 Å². The Balaban J connectivity index is 1.88. The topological polar surface area (TPSA) is 54.0 Å². The van der Waals surface area contributed by atoms with Gasteiger partial charge < -0.3 is 18.9 Å². The molecule has 0 aliphatic heterocycles. The van der Waals surface area contributed by atoms with Crippen LogP contribution < -0.4 is 4.74 Å². The first-order chi connectivity index (χ1) is 11.2. The van der Waals surface area contributed by atoms with E-state index in [0.717, 1.165) is 25.0 Å². The fraction of sp³-hybridized carbons (Fsp3) is 0.611. The Hall–Kier alpha value is -1.59. The smallest absolute Gasteiger partial charge is 0.302 e. The average molecular weight is 322 g/mol. The third-order valence-corrected chi connectivity index (χ3v) is 4.07. The van der Waals surface area contributed by atoms with E-state index in [1.165, 1.54) is 18.9 Å². The quantitative estimate of drug-likeness (QED) is 0.418. The molecule has 0 saturated heterocycles. The van der Waals surface area contributed by atoms with Crippen molar-refractivity contribution in [3.63, 3.8) is 0 Å². The van der Waals surface area contributed by atoms with E-state index >= 15 is 0 Å². The maximum absolute atomic E-state index is 11.3. The zero-order valence-electron chi connectivity index (χ0n) is 14.0. The van der Waals surface area contributed by atoms with Crippen molar-refractivity contribution >= 4 is 5.97 Å². The van der Waals surface area contributed by atoms with Crippen molar-refractivity contribution < 1.29 is 23.7 Å². The van der Waals surface area contributed by atoms with Crippen LogP contribution in [0.3, 0.4) is 0 Å². The fourth-order valence-corrected chi connectivity index (χ4v) is 2.95. The molecule has 5 heteroatoms. The maximum Gasteiger partial charge on any atom is 0.302 e. The molecule has 128 valence electrons. The lowest BCUT2D eigenvalue weighted by Gasteiger charge is -2.31. The number of ether oxygens (including phenoxy) is 4. The highest BCUT2D eigenvalue weighted by atomic mass is 16.7. The number of esters is 1. The van der Waals surface area contributed by atoms with E-state index in [9.17, 15) is 4.79 Å². The van der Waals surface area contributed by atoms with Gasteiger partial charge in [0.1, 0.15) is 11.9 Å². The van der Waals surface area contributed by atoms with Crippen LogP contribution in [-0.2, 0) is 19.0 Å². The van der Waals surface area contributed by atoms with Crippen LogP contribution in [0.5, 0.6) is 5.75 Å². The summed E-state index contributed by atoms with van der Waals surface area (Å²) in [6, 6.07) is 7.98. The molecule has 2 unspecified atom stereocenters. The highest BCUT2D eigenvalue weighted by Gasteiger charge is 2.28. The number of carbonyl (C=O) groups is 1. The Bertz CT molecular complexity index is 471. The third kappa shape index (κ3) is 5.84. The van der Waals surface area contributed by atoms with E-state index in [4.69, 9.17) is 18.9 Å². The van der Waals surface area contributed by atoms with E-state index < -0.39 is 0 Å². The summed E-state index contributed by atoms with van der Waals surface area (Å²) in [6.07, 6.45) is 4.28. The number of carbonyl (C=O) groups excluding carboxylic acids is 1. The van der Waals surface area contributed by atoms with Crippen LogP contribution in [0, 0.1) is 0 Å². The Morgan fingerprint density at radius 1 is 1.13 bits per heavy atom. The molecule has 0 spiro atoms. The first-order valence-electron chi connectivity index (χ1n) is 8.17. The molecular formula is C18H26O5. The van der Waals surface area contributed by atoms with Crippen molar-refractivity contribution in [3.8, 4) is 5.75 Å². The predicted molar refractivity (Wildman–Crippen MR) is 86.5 cm³/mol. The van der Waals surface area contributed by atoms with Crippen LogP contribution >= 0.6 is 0 Å². The summed E-state index contributed by atoms with van der Waals surface area (Å²) in [4.78, 5) is 11.3. The zero-order chi connectivity index (χ0) is 16.5. The molecule has 1 aliphatic carbocycles. The first-order valence-corrected chi connectivity index (χ1v) is 8.17. The number of hydrogen-bond acceptors (Lipinski definition) is 5. The number of benzene rings is 1. The summed E-state index contributed by atoms with van der Waals surface area (Å²) in [6.45, 7) is 2.76. The Morgan fingerprint density at radius 2 is 1.87 bits per heavy atom. The molecule has 2 rings (SSSR count). The van der Waals surface area contributed by atoms with Gasteiger partial charge >= 0.3 is 5.97 Å². The number of rotatable bonds is 8. The van der Waals surface area contributed by atoms with Gasteiger partial charge in [0, 0.05) is 20.0 Å². The summed E-state index contributed by atoms with van der Waals surface area (Å²) in [5.74, 6) is 0.848. The summed E-state index contributed by atoms with van der Waals surface area (Å²) in [7, 11) is 1.64. The fourth-order valence-electron chi connectivity index (χ4n) is 2.95. The van der Waals surface area contributed by atoms with Crippen molar-refractivity contribution in [3.05, 3.63) is 29.8 Å². The lowest BCUT2D eigenvalue weighted by molar-refractivity contribution is -0.148. The molecule has 23 heavy (non-hydrogen) atoms. The molecule has 1 fully saturated rings. The molecule has 0 bridgehead atoms. The van der Waals surface area contributed by atoms with Crippen LogP contribution in [0.1, 0.15) is 44.1 Å². The predicted octanol–water partition coefficient (Wildman–Crippen LogP) is 3.28. The van der Waals surface area contributed by atoms with Crippen LogP contribution in [0.4, 0.5) is 0 Å². The summed E-state index contributed by atoms with van der Waals surface area (Å²) in [5, 5.41) is 0. The van der Waals surface area contributed by atoms with Gasteiger partial charge in [-0.1, -0.05) is 18.6 Å². The van der Waals surface area contributed by atoms with Crippen LogP contribution in [0.2, 0.25) is 0 Å². The van der Waals surface area contributed by atoms with Crippen molar-refractivity contribution in [2.75, 3.05) is 27.1 Å². The molecule has 0 aromatic heterocycles. The van der Waals surface area contributed by atoms with Crippen molar-refractivity contribution in [1.82, 2.24) is 0 Å². The largest absolute Gasteiger partial charge is 0.468 e. The second kappa shape index (κ2) is 9.53. The van der Waals surface area contributed by atoms with Crippen LogP contribution in [0.15, 0.2) is 24.3 Å². The minimum Gasteiger partial charge on any atom is -0.468 e. The van der Waals surface area contributed by atoms with Gasteiger partial charge in [0.2, 0.25) is 0 Å². The molecular weight excluding hydrogens is 296 g/mol. The van der Waals surface area contributed by atoms with Crippen molar-refractivity contribution in [2.45, 2.75) is 44.6 Å². The minimum atomic E-state index is -0.199.